The van der Waals surface area contributed by atoms with Crippen molar-refractivity contribution in [3.8, 4) is 11.1 Å². The van der Waals surface area contributed by atoms with Crippen LogP contribution in [0.4, 0.5) is 0 Å². The molecule has 4 rings (SSSR count). The van der Waals surface area contributed by atoms with Gasteiger partial charge in [-0.2, -0.15) is 0 Å². The first kappa shape index (κ1) is 24.9. The minimum atomic E-state index is -3.27. The molecule has 1 amide bonds. The Labute approximate surface area is 204 Å². The van der Waals surface area contributed by atoms with E-state index in [1.54, 1.807) is 38.1 Å². The second-order valence-corrected chi connectivity index (χ2v) is 10.3. The second-order valence-electron chi connectivity index (χ2n) is 8.24. The van der Waals surface area contributed by atoms with E-state index in [0.29, 0.717) is 11.1 Å². The molecule has 0 aliphatic heterocycles. The molecule has 1 aliphatic carbocycles. The number of carboxylic acids is 1. The van der Waals surface area contributed by atoms with Gasteiger partial charge in [0.15, 0.2) is 0 Å². The quantitative estimate of drug-likeness (QED) is 0.364. The van der Waals surface area contributed by atoms with E-state index < -0.39 is 31.4 Å². The Kier molecular flexibility index (Phi) is 7.51. The van der Waals surface area contributed by atoms with Gasteiger partial charge in [-0.25, -0.2) is 4.79 Å². The molecule has 1 aliphatic rings. The molecule has 0 radical (unpaired) electrons. The summed E-state index contributed by atoms with van der Waals surface area (Å²) in [4.78, 5) is 25.4. The molecule has 3 aromatic rings. The molecule has 0 saturated heterocycles. The number of carboxylic acid groups (broad SMARTS) is 1. The molecule has 2 N–H and O–H groups in total. The Balaban J connectivity index is 1.56. The molecule has 182 valence electrons. The van der Waals surface area contributed by atoms with E-state index in [1.165, 1.54) is 0 Å². The summed E-state index contributed by atoms with van der Waals surface area (Å²) in [5, 5.41) is 12.8. The fourth-order valence-corrected chi connectivity index (χ4v) is 6.27. The molecular formula is C27H28NO6P. The van der Waals surface area contributed by atoms with Crippen LogP contribution in [-0.4, -0.2) is 36.2 Å². The van der Waals surface area contributed by atoms with Gasteiger partial charge in [0.2, 0.25) is 0 Å². The molecular weight excluding hydrogens is 465 g/mol. The van der Waals surface area contributed by atoms with Crippen molar-refractivity contribution in [2.75, 3.05) is 13.2 Å². The standard InChI is InChI=1S/C27H28NO6P/c1-3-33-35(32,34-4-2)17-18-13-15-19(16-14-18)26(29)28-25(27(30)31)24-22-11-7-5-9-20(22)21-10-6-8-12-23(21)24/h5-16,24-25H,3-4,17H2,1-2H3,(H,28,29)(H,30,31)/t25-/m1/s1. The van der Waals surface area contributed by atoms with Gasteiger partial charge in [-0.15, -0.1) is 0 Å². The van der Waals surface area contributed by atoms with Gasteiger partial charge in [-0.05, 0) is 53.8 Å². The molecule has 1 atom stereocenters. The van der Waals surface area contributed by atoms with Crippen LogP contribution in [0.2, 0.25) is 0 Å². The third-order valence-corrected chi connectivity index (χ3v) is 8.07. The van der Waals surface area contributed by atoms with Crippen LogP contribution in [0.1, 0.15) is 46.8 Å². The fraction of sp³-hybridized carbons (Fsp3) is 0.259. The number of carbonyl (C=O) groups excluding carboxylic acids is 1. The van der Waals surface area contributed by atoms with Crippen LogP contribution in [0.3, 0.4) is 0 Å². The molecule has 8 heteroatoms. The summed E-state index contributed by atoms with van der Waals surface area (Å²) >= 11 is 0. The lowest BCUT2D eigenvalue weighted by Crippen LogP contribution is -2.44. The Morgan fingerprint density at radius 2 is 1.40 bits per heavy atom. The molecule has 0 spiro atoms. The van der Waals surface area contributed by atoms with Gasteiger partial charge >= 0.3 is 13.6 Å². The van der Waals surface area contributed by atoms with Gasteiger partial charge < -0.3 is 19.5 Å². The van der Waals surface area contributed by atoms with Crippen molar-refractivity contribution in [2.45, 2.75) is 32.0 Å². The average Bonchev–Trinajstić information content (AvgIpc) is 3.17. The summed E-state index contributed by atoms with van der Waals surface area (Å²) in [5.41, 5.74) is 4.71. The molecule has 0 aromatic heterocycles. The normalized spacial score (nSPS) is 13.7. The zero-order valence-electron chi connectivity index (χ0n) is 19.6. The van der Waals surface area contributed by atoms with Crippen LogP contribution in [0.5, 0.6) is 0 Å². The maximum atomic E-state index is 13.1. The fourth-order valence-electron chi connectivity index (χ4n) is 4.57. The molecule has 0 unspecified atom stereocenters. The number of nitrogens with one attached hydrogen (secondary N) is 1. The smallest absolute Gasteiger partial charge is 0.335 e. The van der Waals surface area contributed by atoms with Crippen LogP contribution in [0.15, 0.2) is 72.8 Å². The van der Waals surface area contributed by atoms with Crippen molar-refractivity contribution in [1.82, 2.24) is 5.32 Å². The third-order valence-electron chi connectivity index (χ3n) is 6.01. The molecule has 0 saturated carbocycles. The minimum absolute atomic E-state index is 0.0873. The highest BCUT2D eigenvalue weighted by Gasteiger charge is 2.39. The predicted octanol–water partition coefficient (Wildman–Crippen LogP) is 5.45. The van der Waals surface area contributed by atoms with Gasteiger partial charge in [0, 0.05) is 11.5 Å². The monoisotopic (exact) mass is 493 g/mol. The van der Waals surface area contributed by atoms with Gasteiger partial charge in [0.1, 0.15) is 6.04 Å². The van der Waals surface area contributed by atoms with Gasteiger partial charge in [-0.3, -0.25) is 9.36 Å². The highest BCUT2D eigenvalue weighted by molar-refractivity contribution is 7.53. The summed E-state index contributed by atoms with van der Waals surface area (Å²) in [6, 6.07) is 20.7. The summed E-state index contributed by atoms with van der Waals surface area (Å²) in [7, 11) is -3.27. The number of aliphatic carboxylic acids is 1. The second kappa shape index (κ2) is 10.6. The van der Waals surface area contributed by atoms with Crippen LogP contribution >= 0.6 is 7.60 Å². The highest BCUT2D eigenvalue weighted by atomic mass is 31.2. The lowest BCUT2D eigenvalue weighted by atomic mass is 9.89. The van der Waals surface area contributed by atoms with Crippen molar-refractivity contribution in [3.05, 3.63) is 95.1 Å². The first-order valence-electron chi connectivity index (χ1n) is 11.6. The Morgan fingerprint density at radius 1 is 0.886 bits per heavy atom. The Morgan fingerprint density at radius 3 is 1.89 bits per heavy atom. The van der Waals surface area contributed by atoms with E-state index in [4.69, 9.17) is 9.05 Å². The average molecular weight is 493 g/mol. The molecule has 7 nitrogen and oxygen atoms in total. The van der Waals surface area contributed by atoms with Crippen molar-refractivity contribution in [1.29, 1.82) is 0 Å². The zero-order chi connectivity index (χ0) is 25.0. The lowest BCUT2D eigenvalue weighted by molar-refractivity contribution is -0.139. The van der Waals surface area contributed by atoms with E-state index in [1.807, 2.05) is 48.5 Å². The van der Waals surface area contributed by atoms with Gasteiger partial charge in [0.05, 0.1) is 19.4 Å². The molecule has 0 fully saturated rings. The van der Waals surface area contributed by atoms with Crippen LogP contribution in [0, 0.1) is 0 Å². The largest absolute Gasteiger partial charge is 0.480 e. The molecule has 0 bridgehead atoms. The van der Waals surface area contributed by atoms with Crippen molar-refractivity contribution < 1.29 is 28.3 Å². The number of fused-ring (bicyclic) bond motifs is 3. The number of carbonyl (C=O) groups is 2. The predicted molar refractivity (Wildman–Crippen MR) is 134 cm³/mol. The van der Waals surface area contributed by atoms with Crippen LogP contribution in [-0.2, 0) is 24.6 Å². The van der Waals surface area contributed by atoms with Crippen molar-refractivity contribution >= 4 is 19.5 Å². The number of hydrogen-bond donors (Lipinski definition) is 2. The van der Waals surface area contributed by atoms with Gasteiger partial charge in [-0.1, -0.05) is 60.7 Å². The number of benzene rings is 3. The lowest BCUT2D eigenvalue weighted by Gasteiger charge is -2.23. The summed E-state index contributed by atoms with van der Waals surface area (Å²) in [5.74, 6) is -2.11. The van der Waals surface area contributed by atoms with Crippen molar-refractivity contribution in [2.24, 2.45) is 0 Å². The summed E-state index contributed by atoms with van der Waals surface area (Å²) < 4.78 is 23.4. The maximum Gasteiger partial charge on any atom is 0.335 e. The summed E-state index contributed by atoms with van der Waals surface area (Å²) in [6.07, 6.45) is 0.0873. The molecule has 3 aromatic carbocycles. The number of rotatable bonds is 10. The van der Waals surface area contributed by atoms with E-state index in [-0.39, 0.29) is 19.4 Å². The molecule has 35 heavy (non-hydrogen) atoms. The third kappa shape index (κ3) is 5.22. The summed E-state index contributed by atoms with van der Waals surface area (Å²) in [6.45, 7) is 4.03. The highest BCUT2D eigenvalue weighted by Crippen LogP contribution is 2.51. The minimum Gasteiger partial charge on any atom is -0.480 e. The Hall–Kier alpha value is -3.25. The topological polar surface area (TPSA) is 102 Å². The van der Waals surface area contributed by atoms with Crippen LogP contribution in [0.25, 0.3) is 11.1 Å². The first-order valence-corrected chi connectivity index (χ1v) is 13.3. The van der Waals surface area contributed by atoms with Crippen molar-refractivity contribution in [3.63, 3.8) is 0 Å². The maximum absolute atomic E-state index is 13.1. The van der Waals surface area contributed by atoms with E-state index in [0.717, 1.165) is 22.3 Å². The molecule has 0 heterocycles. The first-order chi connectivity index (χ1) is 16.9. The Bertz CT molecular complexity index is 1220. The van der Waals surface area contributed by atoms with E-state index >= 15 is 0 Å². The SMILES string of the molecule is CCOP(=O)(Cc1ccc(C(=O)N[C@@H](C(=O)O)C2c3ccccc3-c3ccccc32)cc1)OCC. The zero-order valence-corrected chi connectivity index (χ0v) is 20.5. The van der Waals surface area contributed by atoms with E-state index in [9.17, 15) is 19.3 Å². The van der Waals surface area contributed by atoms with Gasteiger partial charge in [0.25, 0.3) is 5.91 Å². The van der Waals surface area contributed by atoms with Crippen LogP contribution < -0.4 is 5.32 Å². The van der Waals surface area contributed by atoms with E-state index in [2.05, 4.69) is 5.32 Å². The number of hydrogen-bond acceptors (Lipinski definition) is 5. The number of amides is 1.